The first-order valence-corrected chi connectivity index (χ1v) is 7.80. The van der Waals surface area contributed by atoms with Crippen molar-refractivity contribution in [2.45, 2.75) is 26.4 Å². The number of H-pyrrole nitrogens is 1. The third kappa shape index (κ3) is 4.18. The molecular weight excluding hydrogens is 308 g/mol. The van der Waals surface area contributed by atoms with E-state index in [1.54, 1.807) is 30.5 Å². The summed E-state index contributed by atoms with van der Waals surface area (Å²) in [5.41, 5.74) is 0.815. The van der Waals surface area contributed by atoms with Crippen molar-refractivity contribution in [2.24, 2.45) is 5.92 Å². The van der Waals surface area contributed by atoms with Crippen molar-refractivity contribution in [1.29, 1.82) is 5.26 Å². The molecule has 7 nitrogen and oxygen atoms in total. The first-order valence-electron chi connectivity index (χ1n) is 7.80. The fraction of sp³-hybridized carbons (Fsp3) is 0.412. The smallest absolute Gasteiger partial charge is 0.245 e. The van der Waals surface area contributed by atoms with E-state index in [4.69, 9.17) is 4.74 Å². The number of para-hydroxylation sites is 1. The topological polar surface area (TPSA) is 108 Å². The van der Waals surface area contributed by atoms with E-state index in [2.05, 4.69) is 15.5 Å². The van der Waals surface area contributed by atoms with Gasteiger partial charge in [0.15, 0.2) is 11.7 Å². The second-order valence-electron chi connectivity index (χ2n) is 5.63. The molecule has 0 radical (unpaired) electrons. The molecule has 1 aromatic heterocycles. The average Bonchev–Trinajstić information content (AvgIpc) is 3.03. The zero-order valence-corrected chi connectivity index (χ0v) is 13.7. The number of rotatable bonds is 8. The second kappa shape index (κ2) is 8.22. The first kappa shape index (κ1) is 17.6. The van der Waals surface area contributed by atoms with E-state index in [1.165, 1.54) is 0 Å². The number of carbonyl (C=O) groups excluding carboxylic acids is 2. The van der Waals surface area contributed by atoms with Crippen LogP contribution in [0.15, 0.2) is 24.4 Å². The lowest BCUT2D eigenvalue weighted by Crippen LogP contribution is -2.35. The predicted octanol–water partition coefficient (Wildman–Crippen LogP) is 1.82. The van der Waals surface area contributed by atoms with E-state index in [0.29, 0.717) is 25.1 Å². The van der Waals surface area contributed by atoms with Gasteiger partial charge in [0.25, 0.3) is 0 Å². The van der Waals surface area contributed by atoms with Crippen LogP contribution in [0.4, 0.5) is 0 Å². The Labute approximate surface area is 140 Å². The number of benzene rings is 1. The lowest BCUT2D eigenvalue weighted by molar-refractivity contribution is -0.122. The van der Waals surface area contributed by atoms with Gasteiger partial charge >= 0.3 is 0 Å². The van der Waals surface area contributed by atoms with E-state index >= 15 is 0 Å². The normalized spacial score (nSPS) is 12.1. The molecular formula is C17H20N4O3. The Bertz CT molecular complexity index is 761. The second-order valence-corrected chi connectivity index (χ2v) is 5.63. The molecule has 1 aromatic carbocycles. The Morgan fingerprint density at radius 3 is 2.92 bits per heavy atom. The van der Waals surface area contributed by atoms with Gasteiger partial charge in [-0.3, -0.25) is 14.7 Å². The van der Waals surface area contributed by atoms with E-state index < -0.39 is 17.6 Å². The summed E-state index contributed by atoms with van der Waals surface area (Å²) < 4.78 is 5.37. The van der Waals surface area contributed by atoms with Crippen LogP contribution < -0.4 is 5.32 Å². The highest BCUT2D eigenvalue weighted by Crippen LogP contribution is 2.19. The van der Waals surface area contributed by atoms with Gasteiger partial charge in [0, 0.05) is 24.1 Å². The summed E-state index contributed by atoms with van der Waals surface area (Å²) in [6.07, 6.45) is 2.33. The zero-order chi connectivity index (χ0) is 17.5. The number of carbonyl (C=O) groups is 2. The summed E-state index contributed by atoms with van der Waals surface area (Å²) >= 11 is 0. The first-order chi connectivity index (χ1) is 11.5. The number of aromatic amines is 1. The summed E-state index contributed by atoms with van der Waals surface area (Å²) in [6.45, 7) is 4.72. The fourth-order valence-corrected chi connectivity index (χ4v) is 2.27. The van der Waals surface area contributed by atoms with Crippen LogP contribution in [0.5, 0.6) is 0 Å². The molecule has 1 heterocycles. The summed E-state index contributed by atoms with van der Waals surface area (Å²) in [7, 11) is 0. The van der Waals surface area contributed by atoms with Crippen LogP contribution in [0, 0.1) is 17.2 Å². The predicted molar refractivity (Wildman–Crippen MR) is 88.2 cm³/mol. The molecule has 1 unspecified atom stereocenters. The van der Waals surface area contributed by atoms with Gasteiger partial charge in [0.05, 0.1) is 23.9 Å². The average molecular weight is 328 g/mol. The third-order valence-electron chi connectivity index (χ3n) is 3.47. The molecule has 24 heavy (non-hydrogen) atoms. The Morgan fingerprint density at radius 2 is 2.21 bits per heavy atom. The Hall–Kier alpha value is -2.72. The van der Waals surface area contributed by atoms with Crippen molar-refractivity contribution in [3.8, 4) is 6.07 Å². The van der Waals surface area contributed by atoms with E-state index in [-0.39, 0.29) is 11.7 Å². The number of nitrogens with one attached hydrogen (secondary N) is 2. The highest BCUT2D eigenvalue weighted by Gasteiger charge is 2.28. The number of ketones is 1. The molecule has 0 saturated carbocycles. The minimum absolute atomic E-state index is 0.129. The molecule has 0 aliphatic carbocycles. The number of nitriles is 1. The van der Waals surface area contributed by atoms with Crippen LogP contribution in [-0.2, 0) is 9.53 Å². The maximum atomic E-state index is 12.6. The Morgan fingerprint density at radius 1 is 1.42 bits per heavy atom. The number of nitrogens with zero attached hydrogens (tertiary/aromatic N) is 2. The number of amides is 1. The van der Waals surface area contributed by atoms with Gasteiger partial charge in [-0.1, -0.05) is 12.1 Å². The van der Waals surface area contributed by atoms with Gasteiger partial charge in [0.2, 0.25) is 5.91 Å². The van der Waals surface area contributed by atoms with Crippen molar-refractivity contribution in [1.82, 2.24) is 15.5 Å². The van der Waals surface area contributed by atoms with E-state index in [9.17, 15) is 14.9 Å². The van der Waals surface area contributed by atoms with Crippen LogP contribution in [0.3, 0.4) is 0 Å². The molecule has 0 fully saturated rings. The van der Waals surface area contributed by atoms with Crippen molar-refractivity contribution in [2.75, 3.05) is 13.2 Å². The van der Waals surface area contributed by atoms with Crippen molar-refractivity contribution in [3.05, 3.63) is 30.0 Å². The number of hydrogen-bond acceptors (Lipinski definition) is 5. The number of aromatic nitrogens is 2. The highest BCUT2D eigenvalue weighted by atomic mass is 16.5. The molecule has 2 N–H and O–H groups in total. The SMILES string of the molecule is CC(C)OCCCNC(=O)C(C#N)C(=O)c1cccc2cn[nH]c12. The summed E-state index contributed by atoms with van der Waals surface area (Å²) in [6, 6.07) is 6.86. The van der Waals surface area contributed by atoms with E-state index in [1.807, 2.05) is 13.8 Å². The van der Waals surface area contributed by atoms with Crippen LogP contribution in [-0.4, -0.2) is 41.1 Å². The maximum absolute atomic E-state index is 12.6. The number of ether oxygens (including phenoxy) is 1. The van der Waals surface area contributed by atoms with Crippen molar-refractivity contribution < 1.29 is 14.3 Å². The third-order valence-corrected chi connectivity index (χ3v) is 3.47. The van der Waals surface area contributed by atoms with Gasteiger partial charge in [-0.15, -0.1) is 0 Å². The fourth-order valence-electron chi connectivity index (χ4n) is 2.27. The lowest BCUT2D eigenvalue weighted by atomic mass is 9.96. The molecule has 2 aromatic rings. The largest absolute Gasteiger partial charge is 0.379 e. The molecule has 0 bridgehead atoms. The molecule has 0 aliphatic rings. The van der Waals surface area contributed by atoms with Crippen LogP contribution in [0.25, 0.3) is 10.9 Å². The van der Waals surface area contributed by atoms with Crippen molar-refractivity contribution in [3.63, 3.8) is 0 Å². The summed E-state index contributed by atoms with van der Waals surface area (Å²) in [4.78, 5) is 24.7. The quantitative estimate of drug-likeness (QED) is 0.436. The summed E-state index contributed by atoms with van der Waals surface area (Å²) in [5.74, 6) is -2.52. The van der Waals surface area contributed by atoms with E-state index in [0.717, 1.165) is 5.39 Å². The highest BCUT2D eigenvalue weighted by molar-refractivity contribution is 6.16. The molecule has 2 rings (SSSR count). The maximum Gasteiger partial charge on any atom is 0.245 e. The van der Waals surface area contributed by atoms with Gasteiger partial charge in [-0.25, -0.2) is 0 Å². The molecule has 0 spiro atoms. The number of fused-ring (bicyclic) bond motifs is 1. The molecule has 7 heteroatoms. The summed E-state index contributed by atoms with van der Waals surface area (Å²) in [5, 5.41) is 19.2. The Balaban J connectivity index is 2.00. The van der Waals surface area contributed by atoms with Crippen LogP contribution in [0.1, 0.15) is 30.6 Å². The molecule has 0 aliphatic heterocycles. The molecule has 0 saturated heterocycles. The standard InChI is InChI=1S/C17H20N4O3/c1-11(2)24-8-4-7-19-17(23)14(9-18)16(22)13-6-3-5-12-10-20-21-15(12)13/h3,5-6,10-11,14H,4,7-8H2,1-2H3,(H,19,23)(H,20,21). The van der Waals surface area contributed by atoms with Gasteiger partial charge in [-0.2, -0.15) is 10.4 Å². The van der Waals surface area contributed by atoms with Gasteiger partial charge < -0.3 is 10.1 Å². The zero-order valence-electron chi connectivity index (χ0n) is 13.7. The van der Waals surface area contributed by atoms with Gasteiger partial charge in [-0.05, 0) is 26.3 Å². The Kier molecular flexibility index (Phi) is 6.04. The monoisotopic (exact) mass is 328 g/mol. The number of Topliss-reactive ketones (excluding diaryl/α,β-unsaturated/α-hetero) is 1. The minimum atomic E-state index is -1.38. The van der Waals surface area contributed by atoms with Crippen molar-refractivity contribution >= 4 is 22.6 Å². The van der Waals surface area contributed by atoms with Gasteiger partial charge in [0.1, 0.15) is 0 Å². The molecule has 1 atom stereocenters. The molecule has 1 amide bonds. The number of hydrogen-bond donors (Lipinski definition) is 2. The minimum Gasteiger partial charge on any atom is -0.379 e. The molecule has 126 valence electrons. The van der Waals surface area contributed by atoms with Crippen LogP contribution >= 0.6 is 0 Å². The lowest BCUT2D eigenvalue weighted by Gasteiger charge is -2.11. The van der Waals surface area contributed by atoms with Crippen LogP contribution in [0.2, 0.25) is 0 Å².